The van der Waals surface area contributed by atoms with Crippen LogP contribution in [0.4, 0.5) is 20.4 Å². The maximum absolute atomic E-state index is 14.4. The van der Waals surface area contributed by atoms with Gasteiger partial charge in [0.2, 0.25) is 5.91 Å². The van der Waals surface area contributed by atoms with Crippen LogP contribution in [0, 0.1) is 6.92 Å². The first-order valence-electron chi connectivity index (χ1n) is 9.72. The number of pyridine rings is 1. The zero-order valence-corrected chi connectivity index (χ0v) is 16.7. The van der Waals surface area contributed by atoms with Gasteiger partial charge in [0.05, 0.1) is 17.3 Å². The van der Waals surface area contributed by atoms with Gasteiger partial charge in [-0.15, -0.1) is 0 Å². The van der Waals surface area contributed by atoms with Gasteiger partial charge in [-0.25, -0.2) is 23.7 Å². The lowest BCUT2D eigenvalue weighted by Gasteiger charge is -2.33. The van der Waals surface area contributed by atoms with Crippen LogP contribution in [-0.2, 0) is 4.79 Å². The lowest BCUT2D eigenvalue weighted by Crippen LogP contribution is -2.49. The summed E-state index contributed by atoms with van der Waals surface area (Å²) in [6.45, 7) is 7.36. The molecular weight excluding hydrogens is 378 g/mol. The first-order valence-corrected chi connectivity index (χ1v) is 9.72. The Morgan fingerprint density at radius 1 is 1.28 bits per heavy atom. The minimum absolute atomic E-state index is 0.137. The van der Waals surface area contributed by atoms with Gasteiger partial charge in [0.15, 0.2) is 0 Å². The predicted octanol–water partition coefficient (Wildman–Crippen LogP) is 2.73. The van der Waals surface area contributed by atoms with Crippen molar-refractivity contribution in [2.45, 2.75) is 45.1 Å². The third-order valence-corrected chi connectivity index (χ3v) is 5.38. The van der Waals surface area contributed by atoms with E-state index in [0.717, 1.165) is 37.9 Å². The minimum Gasteiger partial charge on any atom is -0.354 e. The highest BCUT2D eigenvalue weighted by atomic mass is 19.3. The number of rotatable bonds is 3. The molecule has 4 rings (SSSR count). The van der Waals surface area contributed by atoms with E-state index in [1.807, 2.05) is 19.1 Å². The Bertz CT molecular complexity index is 945. The Labute approximate surface area is 168 Å². The number of carbonyl (C=O) groups is 1. The largest absolute Gasteiger partial charge is 0.354 e. The highest BCUT2D eigenvalue weighted by molar-refractivity contribution is 5.95. The molecule has 9 heteroatoms. The van der Waals surface area contributed by atoms with Gasteiger partial charge in [0, 0.05) is 37.7 Å². The molecule has 0 aliphatic carbocycles. The molecular formula is C20H24F2N6O. The summed E-state index contributed by atoms with van der Waals surface area (Å²) in [6.07, 6.45) is 0.964. The molecule has 7 nitrogen and oxygen atoms in total. The second-order valence-electron chi connectivity index (χ2n) is 7.93. The molecule has 2 aromatic rings. The fraction of sp³-hybridized carbons (Fsp3) is 0.500. The number of anilines is 2. The Hall–Kier alpha value is -2.68. The van der Waals surface area contributed by atoms with Crippen LogP contribution in [0.3, 0.4) is 0 Å². The SMILES string of the molecule is Cc1cc(-c2ncnc3c2C(C(C)(F)F)CC(=O)N3)nc(N2CCN[C@@H](C)C2)c1. The van der Waals surface area contributed by atoms with Crippen LogP contribution in [0.5, 0.6) is 0 Å². The molecule has 29 heavy (non-hydrogen) atoms. The highest BCUT2D eigenvalue weighted by Crippen LogP contribution is 2.45. The summed E-state index contributed by atoms with van der Waals surface area (Å²) in [5.74, 6) is -3.93. The van der Waals surface area contributed by atoms with Crippen LogP contribution in [-0.4, -0.2) is 52.5 Å². The van der Waals surface area contributed by atoms with Crippen molar-refractivity contribution in [3.05, 3.63) is 29.6 Å². The van der Waals surface area contributed by atoms with Crippen LogP contribution in [0.15, 0.2) is 18.5 Å². The van der Waals surface area contributed by atoms with Gasteiger partial charge in [-0.3, -0.25) is 4.79 Å². The number of amides is 1. The molecule has 2 aliphatic rings. The first kappa shape index (κ1) is 19.6. The summed E-state index contributed by atoms with van der Waals surface area (Å²) in [5, 5.41) is 6.00. The Morgan fingerprint density at radius 2 is 2.07 bits per heavy atom. The van der Waals surface area contributed by atoms with Gasteiger partial charge >= 0.3 is 0 Å². The lowest BCUT2D eigenvalue weighted by molar-refractivity contribution is -0.119. The van der Waals surface area contributed by atoms with Gasteiger partial charge in [-0.1, -0.05) is 0 Å². The second-order valence-corrected chi connectivity index (χ2v) is 7.93. The van der Waals surface area contributed by atoms with E-state index in [1.165, 1.54) is 6.33 Å². The zero-order valence-electron chi connectivity index (χ0n) is 16.7. The van der Waals surface area contributed by atoms with E-state index >= 15 is 0 Å². The molecule has 1 amide bonds. The van der Waals surface area contributed by atoms with Gasteiger partial charge in [-0.2, -0.15) is 0 Å². The van der Waals surface area contributed by atoms with Crippen LogP contribution in [0.25, 0.3) is 11.4 Å². The maximum atomic E-state index is 14.4. The number of halogens is 2. The summed E-state index contributed by atoms with van der Waals surface area (Å²) >= 11 is 0. The van der Waals surface area contributed by atoms with Crippen molar-refractivity contribution in [2.75, 3.05) is 29.9 Å². The Morgan fingerprint density at radius 3 is 2.79 bits per heavy atom. The zero-order chi connectivity index (χ0) is 20.8. The molecule has 0 radical (unpaired) electrons. The van der Waals surface area contributed by atoms with Crippen molar-refractivity contribution in [2.24, 2.45) is 0 Å². The molecule has 154 valence electrons. The summed E-state index contributed by atoms with van der Waals surface area (Å²) in [7, 11) is 0. The van der Waals surface area contributed by atoms with Crippen molar-refractivity contribution in [3.63, 3.8) is 0 Å². The van der Waals surface area contributed by atoms with Crippen molar-refractivity contribution >= 4 is 17.5 Å². The van der Waals surface area contributed by atoms with Gasteiger partial charge < -0.3 is 15.5 Å². The molecule has 1 fully saturated rings. The number of nitrogens with one attached hydrogen (secondary N) is 2. The van der Waals surface area contributed by atoms with Crippen LogP contribution in [0.1, 0.15) is 37.3 Å². The average Bonchev–Trinajstić information content (AvgIpc) is 2.65. The van der Waals surface area contributed by atoms with E-state index in [2.05, 4.69) is 32.4 Å². The molecule has 2 aromatic heterocycles. The highest BCUT2D eigenvalue weighted by Gasteiger charge is 2.43. The van der Waals surface area contributed by atoms with Crippen LogP contribution >= 0.6 is 0 Å². The molecule has 2 N–H and O–H groups in total. The molecule has 4 heterocycles. The quantitative estimate of drug-likeness (QED) is 0.822. The van der Waals surface area contributed by atoms with Crippen molar-refractivity contribution in [3.8, 4) is 11.4 Å². The lowest BCUT2D eigenvalue weighted by atomic mass is 9.85. The number of hydrogen-bond acceptors (Lipinski definition) is 6. The maximum Gasteiger partial charge on any atom is 0.252 e. The van der Waals surface area contributed by atoms with Crippen molar-refractivity contribution in [1.82, 2.24) is 20.3 Å². The molecule has 1 saturated heterocycles. The molecule has 2 atom stereocenters. The average molecular weight is 402 g/mol. The molecule has 0 bridgehead atoms. The number of hydrogen-bond donors (Lipinski definition) is 2. The number of aryl methyl sites for hydroxylation is 1. The van der Waals surface area contributed by atoms with Crippen molar-refractivity contribution in [1.29, 1.82) is 0 Å². The summed E-state index contributed by atoms with van der Waals surface area (Å²) in [5.41, 5.74) is 2.06. The molecule has 0 saturated carbocycles. The van der Waals surface area contributed by atoms with Gasteiger partial charge in [0.25, 0.3) is 5.92 Å². The summed E-state index contributed by atoms with van der Waals surface area (Å²) in [6, 6.07) is 4.15. The van der Waals surface area contributed by atoms with E-state index in [4.69, 9.17) is 4.98 Å². The Balaban J connectivity index is 1.82. The number of alkyl halides is 2. The second kappa shape index (κ2) is 7.29. The third kappa shape index (κ3) is 3.91. The summed E-state index contributed by atoms with van der Waals surface area (Å²) < 4.78 is 28.8. The molecule has 1 unspecified atom stereocenters. The number of piperazine rings is 1. The fourth-order valence-corrected chi connectivity index (χ4v) is 4.01. The number of nitrogens with zero attached hydrogens (tertiary/aromatic N) is 4. The van der Waals surface area contributed by atoms with Gasteiger partial charge in [-0.05, 0) is 38.5 Å². The monoisotopic (exact) mass is 402 g/mol. The van der Waals surface area contributed by atoms with Crippen LogP contribution in [0.2, 0.25) is 0 Å². The number of aromatic nitrogens is 3. The standard InChI is InChI=1S/C20H24F2N6O/c1-11-6-14(26-15(7-11)28-5-4-23-12(2)9-28)18-17-13(20(3,21)22)8-16(29)27-19(17)25-10-24-18/h6-7,10,12-13,23H,4-5,8-9H2,1-3H3,(H,24,25,27,29)/t12-,13?/m0/s1. The smallest absolute Gasteiger partial charge is 0.252 e. The van der Waals surface area contributed by atoms with Crippen LogP contribution < -0.4 is 15.5 Å². The number of carbonyl (C=O) groups excluding carboxylic acids is 1. The number of fused-ring (bicyclic) bond motifs is 1. The fourth-order valence-electron chi connectivity index (χ4n) is 4.01. The Kier molecular flexibility index (Phi) is 4.94. The molecule has 2 aliphatic heterocycles. The summed E-state index contributed by atoms with van der Waals surface area (Å²) in [4.78, 5) is 27.2. The van der Waals surface area contributed by atoms with E-state index < -0.39 is 17.7 Å². The molecule has 0 spiro atoms. The third-order valence-electron chi connectivity index (χ3n) is 5.38. The van der Waals surface area contributed by atoms with E-state index in [9.17, 15) is 13.6 Å². The normalized spacial score (nSPS) is 22.2. The van der Waals surface area contributed by atoms with E-state index in [0.29, 0.717) is 17.4 Å². The molecule has 0 aromatic carbocycles. The predicted molar refractivity (Wildman–Crippen MR) is 106 cm³/mol. The van der Waals surface area contributed by atoms with E-state index in [1.54, 1.807) is 0 Å². The van der Waals surface area contributed by atoms with Gasteiger partial charge in [0.1, 0.15) is 18.0 Å². The van der Waals surface area contributed by atoms with E-state index in [-0.39, 0.29) is 17.8 Å². The first-order chi connectivity index (χ1) is 13.7. The minimum atomic E-state index is -3.09. The van der Waals surface area contributed by atoms with Crippen molar-refractivity contribution < 1.29 is 13.6 Å². The topological polar surface area (TPSA) is 83.0 Å².